The highest BCUT2D eigenvalue weighted by molar-refractivity contribution is 6.01. The standard InChI is InChI=1S/C28H25N3O7/c1-35-23-8-7-15(11-24(23)36-2)16-9-20-27(22(32)10-16)28(30-19-6-4-3-5-18(19)29-20)17-12-25-26(38-14-37-25)13-21(17)31(33)34/h3-8,11-13,16,28-30H,9-10,14H2,1-2H3. The summed E-state index contributed by atoms with van der Waals surface area (Å²) in [6.45, 7) is -0.0156. The number of methoxy groups -OCH3 is 2. The van der Waals surface area contributed by atoms with Crippen molar-refractivity contribution in [1.82, 2.24) is 0 Å². The topological polar surface area (TPSA) is 121 Å². The first-order chi connectivity index (χ1) is 18.5. The van der Waals surface area contributed by atoms with Crippen molar-refractivity contribution in [1.29, 1.82) is 0 Å². The fourth-order valence-corrected chi connectivity index (χ4v) is 5.40. The van der Waals surface area contributed by atoms with Gasteiger partial charge in [-0.15, -0.1) is 0 Å². The van der Waals surface area contributed by atoms with E-state index in [9.17, 15) is 14.9 Å². The van der Waals surface area contributed by atoms with Crippen LogP contribution in [-0.4, -0.2) is 31.7 Å². The van der Waals surface area contributed by atoms with E-state index in [1.165, 1.54) is 6.07 Å². The fraction of sp³-hybridized carbons (Fsp3) is 0.250. The van der Waals surface area contributed by atoms with Gasteiger partial charge in [0, 0.05) is 17.7 Å². The number of Topliss-reactive ketones (excluding diaryl/α,β-unsaturated/α-hetero) is 1. The van der Waals surface area contributed by atoms with Crippen LogP contribution in [0.15, 0.2) is 65.9 Å². The first-order valence-corrected chi connectivity index (χ1v) is 12.2. The van der Waals surface area contributed by atoms with Crippen LogP contribution in [0.25, 0.3) is 0 Å². The molecule has 10 nitrogen and oxygen atoms in total. The molecule has 3 aliphatic rings. The second-order valence-corrected chi connectivity index (χ2v) is 9.30. The van der Waals surface area contributed by atoms with Gasteiger partial charge in [-0.3, -0.25) is 14.9 Å². The van der Waals surface area contributed by atoms with Gasteiger partial charge in [0.25, 0.3) is 5.69 Å². The predicted octanol–water partition coefficient (Wildman–Crippen LogP) is 5.32. The summed E-state index contributed by atoms with van der Waals surface area (Å²) in [5, 5.41) is 19.0. The van der Waals surface area contributed by atoms with Gasteiger partial charge in [0.1, 0.15) is 0 Å². The van der Waals surface area contributed by atoms with Gasteiger partial charge in [0.2, 0.25) is 6.79 Å². The zero-order valence-corrected chi connectivity index (χ0v) is 20.8. The molecule has 2 heterocycles. The molecule has 38 heavy (non-hydrogen) atoms. The quantitative estimate of drug-likeness (QED) is 0.343. The molecule has 2 atom stereocenters. The van der Waals surface area contributed by atoms with Gasteiger partial charge < -0.3 is 29.6 Å². The minimum absolute atomic E-state index is 0.0156. The number of ether oxygens (including phenoxy) is 4. The van der Waals surface area contributed by atoms with Crippen LogP contribution in [0.5, 0.6) is 23.0 Å². The van der Waals surface area contributed by atoms with E-state index in [4.69, 9.17) is 18.9 Å². The molecule has 6 rings (SSSR count). The number of carbonyl (C=O) groups excluding carboxylic acids is 1. The van der Waals surface area contributed by atoms with Gasteiger partial charge in [-0.05, 0) is 48.2 Å². The van der Waals surface area contributed by atoms with Crippen LogP contribution in [0.1, 0.15) is 35.9 Å². The third kappa shape index (κ3) is 3.94. The summed E-state index contributed by atoms with van der Waals surface area (Å²) in [4.78, 5) is 25.5. The molecule has 0 saturated heterocycles. The van der Waals surface area contributed by atoms with Gasteiger partial charge in [-0.2, -0.15) is 0 Å². The lowest BCUT2D eigenvalue weighted by Crippen LogP contribution is -2.27. The third-order valence-electron chi connectivity index (χ3n) is 7.22. The average Bonchev–Trinajstić information content (AvgIpc) is 3.32. The number of nitrogens with zero attached hydrogens (tertiary/aromatic N) is 1. The summed E-state index contributed by atoms with van der Waals surface area (Å²) in [6.07, 6.45) is 0.768. The highest BCUT2D eigenvalue weighted by atomic mass is 16.7. The first kappa shape index (κ1) is 23.7. The van der Waals surface area contributed by atoms with Crippen LogP contribution in [-0.2, 0) is 4.79 Å². The number of allylic oxidation sites excluding steroid dienone is 1. The lowest BCUT2D eigenvalue weighted by atomic mass is 9.78. The molecule has 2 aliphatic heterocycles. The van der Waals surface area contributed by atoms with Gasteiger partial charge in [0.05, 0.1) is 48.2 Å². The van der Waals surface area contributed by atoms with Crippen LogP contribution >= 0.6 is 0 Å². The Morgan fingerprint density at radius 2 is 1.68 bits per heavy atom. The van der Waals surface area contributed by atoms with Crippen molar-refractivity contribution in [2.24, 2.45) is 0 Å². The lowest BCUT2D eigenvalue weighted by molar-refractivity contribution is -0.385. The van der Waals surface area contributed by atoms with Gasteiger partial charge in [-0.1, -0.05) is 18.2 Å². The van der Waals surface area contributed by atoms with Crippen molar-refractivity contribution in [2.75, 3.05) is 31.6 Å². The fourth-order valence-electron chi connectivity index (χ4n) is 5.40. The Morgan fingerprint density at radius 1 is 0.947 bits per heavy atom. The van der Waals surface area contributed by atoms with Crippen molar-refractivity contribution in [2.45, 2.75) is 24.8 Å². The molecule has 0 bridgehead atoms. The Hall–Kier alpha value is -4.73. The minimum Gasteiger partial charge on any atom is -0.493 e. The second kappa shape index (κ2) is 9.29. The van der Waals surface area contributed by atoms with Crippen LogP contribution in [0.4, 0.5) is 17.1 Å². The van der Waals surface area contributed by atoms with Gasteiger partial charge >= 0.3 is 0 Å². The zero-order chi connectivity index (χ0) is 26.4. The molecule has 0 saturated carbocycles. The summed E-state index contributed by atoms with van der Waals surface area (Å²) in [6, 6.07) is 15.4. The first-order valence-electron chi connectivity index (χ1n) is 12.2. The number of rotatable bonds is 5. The Bertz CT molecular complexity index is 1500. The van der Waals surface area contributed by atoms with E-state index in [1.54, 1.807) is 20.3 Å². The van der Waals surface area contributed by atoms with Crippen molar-refractivity contribution >= 4 is 22.8 Å². The molecule has 3 aromatic carbocycles. The number of hydrogen-bond donors (Lipinski definition) is 2. The largest absolute Gasteiger partial charge is 0.493 e. The average molecular weight is 516 g/mol. The Balaban J connectivity index is 1.48. The highest BCUT2D eigenvalue weighted by Crippen LogP contribution is 2.48. The van der Waals surface area contributed by atoms with Crippen LogP contribution in [0, 0.1) is 10.1 Å². The van der Waals surface area contributed by atoms with E-state index in [0.29, 0.717) is 40.6 Å². The monoisotopic (exact) mass is 515 g/mol. The smallest absolute Gasteiger partial charge is 0.279 e. The summed E-state index contributed by atoms with van der Waals surface area (Å²) in [5.74, 6) is 1.70. The minimum atomic E-state index is -0.769. The third-order valence-corrected chi connectivity index (χ3v) is 7.22. The maximum atomic E-state index is 13.9. The molecule has 2 unspecified atom stereocenters. The molecule has 2 N–H and O–H groups in total. The number of hydrogen-bond acceptors (Lipinski definition) is 9. The number of nitrogens with one attached hydrogen (secondary N) is 2. The number of fused-ring (bicyclic) bond motifs is 2. The molecule has 0 amide bonds. The molecule has 0 aromatic heterocycles. The van der Waals surface area contributed by atoms with Gasteiger partial charge in [-0.25, -0.2) is 0 Å². The molecular formula is C28H25N3O7. The van der Waals surface area contributed by atoms with Crippen LogP contribution in [0.2, 0.25) is 0 Å². The second-order valence-electron chi connectivity index (χ2n) is 9.30. The van der Waals surface area contributed by atoms with E-state index in [1.807, 2.05) is 42.5 Å². The molecule has 1 aliphatic carbocycles. The van der Waals surface area contributed by atoms with Gasteiger partial charge in [0.15, 0.2) is 28.8 Å². The maximum Gasteiger partial charge on any atom is 0.279 e. The lowest BCUT2D eigenvalue weighted by Gasteiger charge is -2.30. The molecule has 0 radical (unpaired) electrons. The van der Waals surface area contributed by atoms with E-state index < -0.39 is 11.0 Å². The summed E-state index contributed by atoms with van der Waals surface area (Å²) >= 11 is 0. The van der Waals surface area contributed by atoms with Crippen LogP contribution in [0.3, 0.4) is 0 Å². The van der Waals surface area contributed by atoms with E-state index in [-0.39, 0.29) is 30.6 Å². The molecule has 0 fully saturated rings. The number of nitro groups is 1. The number of anilines is 2. The number of carbonyl (C=O) groups is 1. The predicted molar refractivity (Wildman–Crippen MR) is 139 cm³/mol. The highest BCUT2D eigenvalue weighted by Gasteiger charge is 2.39. The van der Waals surface area contributed by atoms with Crippen molar-refractivity contribution in [3.05, 3.63) is 87.1 Å². The Morgan fingerprint density at radius 3 is 2.42 bits per heavy atom. The van der Waals surface area contributed by atoms with E-state index in [0.717, 1.165) is 22.6 Å². The van der Waals surface area contributed by atoms with E-state index >= 15 is 0 Å². The molecule has 10 heteroatoms. The van der Waals surface area contributed by atoms with Crippen molar-refractivity contribution < 1.29 is 28.7 Å². The zero-order valence-electron chi connectivity index (χ0n) is 20.8. The molecule has 0 spiro atoms. The SMILES string of the molecule is COc1ccc(C2CC(=O)C3=C(C2)Nc2ccccc2NC3c2cc3c(cc2[N+](=O)[O-])OCO3)cc1OC. The Kier molecular flexibility index (Phi) is 5.79. The number of benzene rings is 3. The molecule has 194 valence electrons. The van der Waals surface area contributed by atoms with Crippen molar-refractivity contribution in [3.63, 3.8) is 0 Å². The van der Waals surface area contributed by atoms with Crippen LogP contribution < -0.4 is 29.6 Å². The molecular weight excluding hydrogens is 490 g/mol. The summed E-state index contributed by atoms with van der Waals surface area (Å²) in [7, 11) is 3.15. The summed E-state index contributed by atoms with van der Waals surface area (Å²) in [5.41, 5.74) is 3.84. The summed E-state index contributed by atoms with van der Waals surface area (Å²) < 4.78 is 21.8. The number of para-hydroxylation sites is 2. The van der Waals surface area contributed by atoms with Crippen molar-refractivity contribution in [3.8, 4) is 23.0 Å². The maximum absolute atomic E-state index is 13.9. The Labute approximate surface area is 218 Å². The normalized spacial score (nSPS) is 19.5. The number of nitro benzene ring substituents is 1. The van der Waals surface area contributed by atoms with E-state index in [2.05, 4.69) is 10.6 Å². The molecule has 3 aromatic rings. The number of ketones is 1.